The van der Waals surface area contributed by atoms with Crippen LogP contribution >= 0.6 is 11.6 Å². The molecule has 602 valence electrons. The van der Waals surface area contributed by atoms with E-state index in [0.717, 1.165) is 52.5 Å². The van der Waals surface area contributed by atoms with E-state index in [9.17, 15) is 0 Å². The van der Waals surface area contributed by atoms with Crippen LogP contribution in [0.4, 0.5) is 0 Å². The first kappa shape index (κ1) is 96.3. The zero-order valence-corrected chi connectivity index (χ0v) is 76.3. The number of benzene rings is 9. The Kier molecular flexibility index (Phi) is 36.4. The first-order valence-electron chi connectivity index (χ1n) is 39.6. The van der Waals surface area contributed by atoms with Gasteiger partial charge in [0.2, 0.25) is 6.79 Å². The first-order chi connectivity index (χ1) is 50.5. The lowest BCUT2D eigenvalue weighted by molar-refractivity contribution is 0.174. The van der Waals surface area contributed by atoms with Crippen LogP contribution in [-0.2, 0) is 55.2 Å². The van der Waals surface area contributed by atoms with Gasteiger partial charge >= 0.3 is 0 Å². The number of rotatable bonds is 3. The van der Waals surface area contributed by atoms with E-state index in [0.29, 0.717) is 6.79 Å². The van der Waals surface area contributed by atoms with Gasteiger partial charge in [-0.3, -0.25) is 0 Å². The summed E-state index contributed by atoms with van der Waals surface area (Å²) in [7, 11) is 5.11. The van der Waals surface area contributed by atoms with Crippen LogP contribution in [0, 0.1) is 41.5 Å². The number of hydrogen-bond donors (Lipinski definition) is 0. The van der Waals surface area contributed by atoms with E-state index < -0.39 is 0 Å². The standard InChI is InChI=1S/C13H18O.2C12H18O.C11H15Cl.C11H14O2.C11H16O.3C11H16/c1-13(2,3)11-8-4-6-10-7-5-9-14-12(10)11;1-9-6-10(12(2,3)4)8-11(7-9)13-5;1-9-8-10(12(2,3)4)6-7-11(9)13-5;1-8-5-6-9(10(12)7-8)11(2,3)4;1-11(2,3)8-4-5-9-10(6-8)13-7-12-9;1-11(2,3)9-6-5-7-10(8-9)12-4;1-9-5-7-10(8-6-9)11(2,3)4;1-9-6-5-7-10(8-9)11(2,3)4;1-9-7-5-6-8-10(9)11(2,3)4/h4,6,8H,5,7,9H2,1-3H3;2*6-8H,1-5H3;5-7H,1-4H3;4-6H,7H2,1-3H3;5-8H,1-4H3;3*5-8H,1-4H3. The highest BCUT2D eigenvalue weighted by Crippen LogP contribution is 2.39. The van der Waals surface area contributed by atoms with Crippen LogP contribution in [0.5, 0.6) is 34.5 Å². The molecule has 2 heterocycles. The molecule has 9 aromatic carbocycles. The van der Waals surface area contributed by atoms with Gasteiger partial charge in [0.25, 0.3) is 0 Å². The Hall–Kier alpha value is -7.93. The maximum absolute atomic E-state index is 6.11. The average Bonchev–Trinajstić information content (AvgIpc) is 1.02. The van der Waals surface area contributed by atoms with E-state index in [1.165, 1.54) is 95.4 Å². The van der Waals surface area contributed by atoms with Crippen LogP contribution in [0.3, 0.4) is 0 Å². The fraction of sp³-hybridized carbons (Fsp3) is 0.476. The van der Waals surface area contributed by atoms with Gasteiger partial charge in [-0.05, 0) is 230 Å². The Morgan fingerprint density at radius 1 is 0.291 bits per heavy atom. The Labute approximate surface area is 677 Å². The minimum atomic E-state index is 0.144. The van der Waals surface area contributed by atoms with Crippen LogP contribution in [-0.4, -0.2) is 34.7 Å². The molecule has 0 saturated heterocycles. The monoisotopic (exact) mass is 1520 g/mol. The molecule has 0 amide bonds. The van der Waals surface area contributed by atoms with Crippen molar-refractivity contribution in [3.8, 4) is 34.5 Å². The summed E-state index contributed by atoms with van der Waals surface area (Å²) in [5.74, 6) is 5.71. The van der Waals surface area contributed by atoms with E-state index in [-0.39, 0.29) is 48.7 Å². The Morgan fingerprint density at radius 2 is 0.727 bits per heavy atom. The number of methoxy groups -OCH3 is 3. The zero-order valence-electron chi connectivity index (χ0n) is 75.6. The lowest BCUT2D eigenvalue weighted by atomic mass is 9.84. The second-order valence-electron chi connectivity index (χ2n) is 38.8. The molecular weight excluding hydrogens is 1370 g/mol. The van der Waals surface area contributed by atoms with Gasteiger partial charge in [-0.25, -0.2) is 0 Å². The van der Waals surface area contributed by atoms with Crippen molar-refractivity contribution in [1.82, 2.24) is 0 Å². The third-order valence-electron chi connectivity index (χ3n) is 19.0. The largest absolute Gasteiger partial charge is 0.497 e. The fourth-order valence-corrected chi connectivity index (χ4v) is 12.4. The summed E-state index contributed by atoms with van der Waals surface area (Å²) < 4.78 is 31.9. The molecule has 0 aliphatic carbocycles. The predicted octanol–water partition coefficient (Wildman–Crippen LogP) is 29.4. The lowest BCUT2D eigenvalue weighted by Crippen LogP contribution is -2.17. The molecule has 0 spiro atoms. The summed E-state index contributed by atoms with van der Waals surface area (Å²) in [4.78, 5) is 0. The van der Waals surface area contributed by atoms with Crippen molar-refractivity contribution in [3.05, 3.63) is 282 Å². The molecule has 9 aromatic rings. The van der Waals surface area contributed by atoms with E-state index in [1.807, 2.05) is 30.3 Å². The smallest absolute Gasteiger partial charge is 0.231 e. The molecule has 0 radical (unpaired) electrons. The minimum Gasteiger partial charge on any atom is -0.497 e. The quantitative estimate of drug-likeness (QED) is 0.176. The average molecular weight is 1520 g/mol. The molecular formula is C103H147ClO6. The van der Waals surface area contributed by atoms with Gasteiger partial charge in [0.15, 0.2) is 11.5 Å². The van der Waals surface area contributed by atoms with E-state index in [2.05, 4.69) is 386 Å². The normalized spacial score (nSPS) is 12.5. The van der Waals surface area contributed by atoms with Crippen molar-refractivity contribution >= 4 is 11.6 Å². The van der Waals surface area contributed by atoms with Crippen LogP contribution in [0.15, 0.2) is 188 Å². The Morgan fingerprint density at radius 3 is 1.20 bits per heavy atom. The molecule has 0 saturated carbocycles. The van der Waals surface area contributed by atoms with Crippen molar-refractivity contribution in [2.24, 2.45) is 0 Å². The highest BCUT2D eigenvalue weighted by atomic mass is 35.5. The third-order valence-corrected chi connectivity index (χ3v) is 19.3. The Balaban J connectivity index is 0.000000321. The molecule has 0 fully saturated rings. The van der Waals surface area contributed by atoms with E-state index in [1.54, 1.807) is 21.3 Å². The summed E-state index contributed by atoms with van der Waals surface area (Å²) in [6.45, 7) is 73.7. The second-order valence-corrected chi connectivity index (χ2v) is 39.2. The molecule has 0 aromatic heterocycles. The Bertz CT molecular complexity index is 4230. The SMILES string of the molecule is CC(C)(C)c1ccc2c(c1)OCO2.CC(C)(C)c1cccc2c1OCCC2.COc1cc(C)cc(C(C)(C)C)c1.COc1ccc(C(C)(C)C)cc1C.COc1cccc(C(C)(C)C)c1.Cc1ccc(C(C)(C)C)c(Cl)c1.Cc1ccc(C(C)(C)C)cc1.Cc1cccc(C(C)(C)C)c1.Cc1ccccc1C(C)(C)C. The fourth-order valence-electron chi connectivity index (χ4n) is 11.9. The maximum Gasteiger partial charge on any atom is 0.231 e. The molecule has 2 aliphatic heterocycles. The van der Waals surface area contributed by atoms with Gasteiger partial charge in [0.1, 0.15) is 23.0 Å². The topological polar surface area (TPSA) is 55.4 Å². The molecule has 7 heteroatoms. The number of para-hydroxylation sites is 1. The summed E-state index contributed by atoms with van der Waals surface area (Å²) in [6.07, 6.45) is 2.32. The summed E-state index contributed by atoms with van der Waals surface area (Å²) >= 11 is 6.11. The predicted molar refractivity (Wildman–Crippen MR) is 479 cm³/mol. The van der Waals surface area contributed by atoms with Crippen LogP contribution in [0.2, 0.25) is 5.02 Å². The van der Waals surface area contributed by atoms with E-state index >= 15 is 0 Å². The number of halogens is 1. The molecule has 110 heavy (non-hydrogen) atoms. The third kappa shape index (κ3) is 33.6. The summed E-state index contributed by atoms with van der Waals surface area (Å²) in [5, 5.41) is 0.877. The number of hydrogen-bond acceptors (Lipinski definition) is 6. The van der Waals surface area contributed by atoms with Crippen LogP contribution < -0.4 is 28.4 Å². The lowest BCUT2D eigenvalue weighted by Gasteiger charge is -2.27. The van der Waals surface area contributed by atoms with Gasteiger partial charge in [-0.15, -0.1) is 0 Å². The van der Waals surface area contributed by atoms with Crippen molar-refractivity contribution < 1.29 is 28.4 Å². The molecule has 0 unspecified atom stereocenters. The number of ether oxygens (including phenoxy) is 6. The van der Waals surface area contributed by atoms with Crippen molar-refractivity contribution in [1.29, 1.82) is 0 Å². The number of aryl methyl sites for hydroxylation is 7. The van der Waals surface area contributed by atoms with Gasteiger partial charge in [-0.1, -0.05) is 349 Å². The van der Waals surface area contributed by atoms with Crippen LogP contribution in [0.1, 0.15) is 282 Å². The van der Waals surface area contributed by atoms with Crippen molar-refractivity contribution in [2.45, 2.75) is 290 Å². The highest BCUT2D eigenvalue weighted by Gasteiger charge is 2.25. The molecule has 11 rings (SSSR count). The van der Waals surface area contributed by atoms with Gasteiger partial charge in [0, 0.05) is 5.02 Å². The maximum atomic E-state index is 6.11. The van der Waals surface area contributed by atoms with Crippen LogP contribution in [0.25, 0.3) is 0 Å². The number of fused-ring (bicyclic) bond motifs is 2. The van der Waals surface area contributed by atoms with Gasteiger partial charge in [0.05, 0.1) is 27.9 Å². The van der Waals surface area contributed by atoms with Crippen molar-refractivity contribution in [2.75, 3.05) is 34.7 Å². The first-order valence-corrected chi connectivity index (χ1v) is 40.0. The molecule has 2 aliphatic rings. The zero-order chi connectivity index (χ0) is 83.8. The summed E-state index contributed by atoms with van der Waals surface area (Å²) in [6, 6.07) is 65.8. The van der Waals surface area contributed by atoms with Gasteiger partial charge < -0.3 is 28.4 Å². The van der Waals surface area contributed by atoms with E-state index in [4.69, 9.17) is 40.0 Å². The molecule has 0 N–H and O–H groups in total. The molecule has 6 nitrogen and oxygen atoms in total. The summed E-state index contributed by atoms with van der Waals surface area (Å²) in [5.41, 5.74) is 23.2. The highest BCUT2D eigenvalue weighted by molar-refractivity contribution is 6.31. The molecule has 0 bridgehead atoms. The minimum absolute atomic E-state index is 0.144. The molecule has 0 atom stereocenters. The second kappa shape index (κ2) is 41.6. The van der Waals surface area contributed by atoms with Gasteiger partial charge in [-0.2, -0.15) is 0 Å². The van der Waals surface area contributed by atoms with Crippen molar-refractivity contribution in [3.63, 3.8) is 0 Å².